The van der Waals surface area contributed by atoms with Crippen LogP contribution in [0.1, 0.15) is 24.0 Å². The molecule has 1 aliphatic rings. The van der Waals surface area contributed by atoms with Gasteiger partial charge < -0.3 is 5.73 Å². The van der Waals surface area contributed by atoms with Crippen LogP contribution in [0.2, 0.25) is 5.02 Å². The van der Waals surface area contributed by atoms with Gasteiger partial charge in [0.15, 0.2) is 0 Å². The summed E-state index contributed by atoms with van der Waals surface area (Å²) < 4.78 is 13.1. The molecule has 1 saturated carbocycles. The Hall–Kier alpha value is -0.600. The number of aryl methyl sites for hydroxylation is 1. The van der Waals surface area contributed by atoms with Gasteiger partial charge in [0.1, 0.15) is 5.82 Å². The molecule has 2 rings (SSSR count). The maximum absolute atomic E-state index is 13.1. The van der Waals surface area contributed by atoms with Gasteiger partial charge in [-0.2, -0.15) is 0 Å². The minimum atomic E-state index is -0.338. The highest BCUT2D eigenvalue weighted by molar-refractivity contribution is 6.30. The van der Waals surface area contributed by atoms with Gasteiger partial charge in [-0.3, -0.25) is 0 Å². The maximum atomic E-state index is 13.1. The molecule has 0 bridgehead atoms. The molecule has 0 radical (unpaired) electrons. The highest BCUT2D eigenvalue weighted by Crippen LogP contribution is 2.43. The zero-order valence-electron chi connectivity index (χ0n) is 7.40. The first-order valence-electron chi connectivity index (χ1n) is 4.28. The molecule has 70 valence electrons. The summed E-state index contributed by atoms with van der Waals surface area (Å²) >= 11 is 5.72. The number of rotatable bonds is 1. The van der Waals surface area contributed by atoms with Gasteiger partial charge in [0.2, 0.25) is 0 Å². The average Bonchev–Trinajstić information content (AvgIpc) is 2.80. The van der Waals surface area contributed by atoms with Crippen molar-refractivity contribution in [1.82, 2.24) is 0 Å². The summed E-state index contributed by atoms with van der Waals surface area (Å²) in [6.45, 7) is 1.70. The number of hydrogen-bond acceptors (Lipinski definition) is 1. The van der Waals surface area contributed by atoms with Crippen LogP contribution in [0.15, 0.2) is 12.1 Å². The Kier molecular flexibility index (Phi) is 1.86. The molecule has 1 nitrogen and oxygen atoms in total. The molecule has 0 aliphatic heterocycles. The fraction of sp³-hybridized carbons (Fsp3) is 0.400. The molecular weight excluding hydrogens is 189 g/mol. The highest BCUT2D eigenvalue weighted by Gasteiger charge is 2.40. The Morgan fingerprint density at radius 1 is 1.46 bits per heavy atom. The van der Waals surface area contributed by atoms with Crippen LogP contribution in [0.25, 0.3) is 0 Å². The van der Waals surface area contributed by atoms with E-state index >= 15 is 0 Å². The largest absolute Gasteiger partial charge is 0.321 e. The predicted octanol–water partition coefficient (Wildman–Crippen LogP) is 2.74. The van der Waals surface area contributed by atoms with Crippen LogP contribution in [-0.2, 0) is 5.54 Å². The van der Waals surface area contributed by atoms with Crippen molar-refractivity contribution in [3.05, 3.63) is 34.1 Å². The lowest BCUT2D eigenvalue weighted by atomic mass is 10.0. The third-order valence-corrected chi connectivity index (χ3v) is 2.85. The van der Waals surface area contributed by atoms with Gasteiger partial charge >= 0.3 is 0 Å². The molecule has 1 aromatic rings. The van der Waals surface area contributed by atoms with E-state index in [0.29, 0.717) is 5.56 Å². The van der Waals surface area contributed by atoms with E-state index in [0.717, 1.165) is 18.4 Å². The van der Waals surface area contributed by atoms with E-state index in [9.17, 15) is 4.39 Å². The van der Waals surface area contributed by atoms with Gasteiger partial charge in [-0.05, 0) is 37.0 Å². The van der Waals surface area contributed by atoms with E-state index in [1.165, 1.54) is 0 Å². The molecule has 2 N–H and O–H groups in total. The monoisotopic (exact) mass is 199 g/mol. The van der Waals surface area contributed by atoms with Gasteiger partial charge in [0.05, 0.1) is 5.02 Å². The molecular formula is C10H11ClFN. The van der Waals surface area contributed by atoms with Crippen LogP contribution in [0, 0.1) is 12.7 Å². The van der Waals surface area contributed by atoms with Gasteiger partial charge in [-0.1, -0.05) is 17.7 Å². The summed E-state index contributed by atoms with van der Waals surface area (Å²) in [5, 5.41) is 0.173. The first-order valence-corrected chi connectivity index (χ1v) is 4.66. The topological polar surface area (TPSA) is 26.0 Å². The SMILES string of the molecule is Cc1cc(C2(N)CC2)cc(Cl)c1F. The van der Waals surface area contributed by atoms with Crippen molar-refractivity contribution in [3.8, 4) is 0 Å². The summed E-state index contributed by atoms with van der Waals surface area (Å²) in [6, 6.07) is 3.42. The molecule has 0 amide bonds. The third kappa shape index (κ3) is 1.45. The quantitative estimate of drug-likeness (QED) is 0.740. The fourth-order valence-corrected chi connectivity index (χ4v) is 1.70. The number of benzene rings is 1. The van der Waals surface area contributed by atoms with Crippen LogP contribution >= 0.6 is 11.6 Å². The molecule has 1 fully saturated rings. The molecule has 0 aromatic heterocycles. The second-order valence-corrected chi connectivity index (χ2v) is 4.15. The fourth-order valence-electron chi connectivity index (χ4n) is 1.44. The summed E-state index contributed by atoms with van der Waals surface area (Å²) in [5.41, 5.74) is 7.26. The van der Waals surface area contributed by atoms with E-state index in [1.807, 2.05) is 0 Å². The van der Waals surface area contributed by atoms with Crippen molar-refractivity contribution >= 4 is 11.6 Å². The van der Waals surface area contributed by atoms with Crippen molar-refractivity contribution in [2.75, 3.05) is 0 Å². The first-order chi connectivity index (χ1) is 6.03. The van der Waals surface area contributed by atoms with Crippen LogP contribution < -0.4 is 5.73 Å². The van der Waals surface area contributed by atoms with Crippen molar-refractivity contribution in [2.24, 2.45) is 5.73 Å². The van der Waals surface area contributed by atoms with Crippen LogP contribution in [0.4, 0.5) is 4.39 Å². The maximum Gasteiger partial charge on any atom is 0.144 e. The smallest absolute Gasteiger partial charge is 0.144 e. The van der Waals surface area contributed by atoms with Crippen molar-refractivity contribution in [1.29, 1.82) is 0 Å². The summed E-state index contributed by atoms with van der Waals surface area (Å²) in [5.74, 6) is -0.338. The minimum absolute atomic E-state index is 0.173. The van der Waals surface area contributed by atoms with E-state index in [2.05, 4.69) is 0 Å². The molecule has 1 aliphatic carbocycles. The average molecular weight is 200 g/mol. The lowest BCUT2D eigenvalue weighted by Crippen LogP contribution is -2.18. The van der Waals surface area contributed by atoms with E-state index in [1.54, 1.807) is 19.1 Å². The molecule has 0 atom stereocenters. The van der Waals surface area contributed by atoms with Gasteiger partial charge in [0.25, 0.3) is 0 Å². The summed E-state index contributed by atoms with van der Waals surface area (Å²) in [7, 11) is 0. The number of nitrogens with two attached hydrogens (primary N) is 1. The van der Waals surface area contributed by atoms with Crippen molar-refractivity contribution < 1.29 is 4.39 Å². The zero-order valence-corrected chi connectivity index (χ0v) is 8.16. The second kappa shape index (κ2) is 2.69. The predicted molar refractivity (Wildman–Crippen MR) is 51.2 cm³/mol. The molecule has 13 heavy (non-hydrogen) atoms. The van der Waals surface area contributed by atoms with Crippen molar-refractivity contribution in [3.63, 3.8) is 0 Å². The lowest BCUT2D eigenvalue weighted by molar-refractivity contribution is 0.615. The summed E-state index contributed by atoms with van der Waals surface area (Å²) in [6.07, 6.45) is 1.93. The van der Waals surface area contributed by atoms with E-state index < -0.39 is 0 Å². The highest BCUT2D eigenvalue weighted by atomic mass is 35.5. The number of hydrogen-bond donors (Lipinski definition) is 1. The number of halogens is 2. The third-order valence-electron chi connectivity index (χ3n) is 2.57. The van der Waals surface area contributed by atoms with Crippen LogP contribution in [0.3, 0.4) is 0 Å². The van der Waals surface area contributed by atoms with Gasteiger partial charge in [-0.15, -0.1) is 0 Å². The molecule has 3 heteroatoms. The van der Waals surface area contributed by atoms with E-state index in [4.69, 9.17) is 17.3 Å². The molecule has 0 saturated heterocycles. The molecule has 0 heterocycles. The van der Waals surface area contributed by atoms with E-state index in [-0.39, 0.29) is 16.4 Å². The second-order valence-electron chi connectivity index (χ2n) is 3.75. The Balaban J connectivity index is 2.50. The zero-order chi connectivity index (χ0) is 9.64. The molecule has 0 spiro atoms. The first kappa shape index (κ1) is 8.97. The van der Waals surface area contributed by atoms with Gasteiger partial charge in [-0.25, -0.2) is 4.39 Å². The van der Waals surface area contributed by atoms with Gasteiger partial charge in [0, 0.05) is 5.54 Å². The standard InChI is InChI=1S/C10H11ClFN/c1-6-4-7(10(13)2-3-10)5-8(11)9(6)12/h4-5H,2-3,13H2,1H3. The Bertz CT molecular complexity index is 335. The Labute approximate surface area is 81.7 Å². The van der Waals surface area contributed by atoms with Crippen LogP contribution in [0.5, 0.6) is 0 Å². The Morgan fingerprint density at radius 2 is 2.08 bits per heavy atom. The summed E-state index contributed by atoms with van der Waals surface area (Å²) in [4.78, 5) is 0. The molecule has 1 aromatic carbocycles. The lowest BCUT2D eigenvalue weighted by Gasteiger charge is -2.11. The van der Waals surface area contributed by atoms with Crippen LogP contribution in [-0.4, -0.2) is 0 Å². The van der Waals surface area contributed by atoms with Crippen molar-refractivity contribution in [2.45, 2.75) is 25.3 Å². The minimum Gasteiger partial charge on any atom is -0.321 e. The Morgan fingerprint density at radius 3 is 2.54 bits per heavy atom. The normalized spacial score (nSPS) is 18.8. The molecule has 0 unspecified atom stereocenters.